The van der Waals surface area contributed by atoms with Crippen LogP contribution >= 0.6 is 0 Å². The Morgan fingerprint density at radius 3 is 1.57 bits per heavy atom. The molecular formula is C23H38N8O4. The molecule has 0 aliphatic carbocycles. The summed E-state index contributed by atoms with van der Waals surface area (Å²) in [5.74, 6) is 0. The van der Waals surface area contributed by atoms with Crippen molar-refractivity contribution < 1.29 is 19.2 Å². The highest BCUT2D eigenvalue weighted by molar-refractivity contribution is 5.77. The average molecular weight is 491 g/mol. The first-order valence-corrected chi connectivity index (χ1v) is 11.9. The molecule has 12 heteroatoms. The van der Waals surface area contributed by atoms with Gasteiger partial charge in [-0.2, -0.15) is 0 Å². The summed E-state index contributed by atoms with van der Waals surface area (Å²) in [5.41, 5.74) is 0.950. The predicted octanol–water partition coefficient (Wildman–Crippen LogP) is 0.663. The molecule has 1 heterocycles. The van der Waals surface area contributed by atoms with Crippen LogP contribution in [0.1, 0.15) is 33.3 Å². The fourth-order valence-corrected chi connectivity index (χ4v) is 3.37. The van der Waals surface area contributed by atoms with Crippen LogP contribution in [-0.2, 0) is 6.54 Å². The van der Waals surface area contributed by atoms with Gasteiger partial charge < -0.3 is 42.1 Å². The summed E-state index contributed by atoms with van der Waals surface area (Å²) in [7, 11) is 0. The Kier molecular flexibility index (Phi) is 10.9. The second kappa shape index (κ2) is 13.9. The summed E-state index contributed by atoms with van der Waals surface area (Å²) in [4.78, 5) is 51.3. The van der Waals surface area contributed by atoms with Gasteiger partial charge in [0.05, 0.1) is 0 Å². The lowest BCUT2D eigenvalue weighted by atomic mass is 10.2. The van der Waals surface area contributed by atoms with Gasteiger partial charge in [0.15, 0.2) is 0 Å². The van der Waals surface area contributed by atoms with Crippen molar-refractivity contribution in [3.63, 3.8) is 0 Å². The monoisotopic (exact) mass is 490 g/mol. The minimum absolute atomic E-state index is 0.214. The van der Waals surface area contributed by atoms with Crippen molar-refractivity contribution in [3.05, 3.63) is 35.9 Å². The van der Waals surface area contributed by atoms with E-state index < -0.39 is 18.1 Å². The summed E-state index contributed by atoms with van der Waals surface area (Å²) >= 11 is 0. The third kappa shape index (κ3) is 10.4. The zero-order chi connectivity index (χ0) is 25.8. The molecule has 0 radical (unpaired) electrons. The highest BCUT2D eigenvalue weighted by Gasteiger charge is 2.22. The number of benzene rings is 1. The highest BCUT2D eigenvalue weighted by atomic mass is 16.2. The van der Waals surface area contributed by atoms with E-state index in [1.807, 2.05) is 37.3 Å². The molecule has 0 bridgehead atoms. The fraction of sp³-hybridized carbons (Fsp3) is 0.565. The van der Waals surface area contributed by atoms with Crippen LogP contribution in [0, 0.1) is 0 Å². The van der Waals surface area contributed by atoms with Crippen LogP contribution in [0.2, 0.25) is 0 Å². The largest absolute Gasteiger partial charge is 0.336 e. The first-order valence-electron chi connectivity index (χ1n) is 11.9. The van der Waals surface area contributed by atoms with Gasteiger partial charge in [-0.1, -0.05) is 30.3 Å². The van der Waals surface area contributed by atoms with E-state index in [1.54, 1.807) is 25.7 Å². The Morgan fingerprint density at radius 1 is 0.657 bits per heavy atom. The first kappa shape index (κ1) is 27.5. The van der Waals surface area contributed by atoms with Crippen molar-refractivity contribution in [1.82, 2.24) is 42.1 Å². The fourth-order valence-electron chi connectivity index (χ4n) is 3.37. The smallest absolute Gasteiger partial charge is 0.318 e. The summed E-state index contributed by atoms with van der Waals surface area (Å²) in [6.07, 6.45) is 0. The number of amides is 8. The molecule has 2 rings (SSSR count). The van der Waals surface area contributed by atoms with Gasteiger partial charge in [0, 0.05) is 56.9 Å². The molecular weight excluding hydrogens is 452 g/mol. The van der Waals surface area contributed by atoms with Crippen molar-refractivity contribution in [2.75, 3.05) is 26.2 Å². The van der Waals surface area contributed by atoms with Gasteiger partial charge in [-0.15, -0.1) is 0 Å². The molecule has 7 N–H and O–H groups in total. The Morgan fingerprint density at radius 2 is 1.09 bits per heavy atom. The number of rotatable bonds is 2. The van der Waals surface area contributed by atoms with Crippen LogP contribution in [0.5, 0.6) is 0 Å². The SMILES string of the molecule is C[C@@H]1CNC(=O)N[C@H](C)CNC(=O)N[C@@H](C)CNC(=O)N(Cc2ccccc2)[C@@H](C)CNC(=O)N1. The van der Waals surface area contributed by atoms with Crippen molar-refractivity contribution in [2.45, 2.75) is 58.4 Å². The number of hydrogen-bond acceptors (Lipinski definition) is 4. The molecule has 1 aromatic rings. The molecule has 12 nitrogen and oxygen atoms in total. The minimum Gasteiger partial charge on any atom is -0.336 e. The molecule has 0 aromatic heterocycles. The maximum Gasteiger partial charge on any atom is 0.318 e. The molecule has 0 unspecified atom stereocenters. The predicted molar refractivity (Wildman–Crippen MR) is 133 cm³/mol. The average Bonchev–Trinajstić information content (AvgIpc) is 2.82. The van der Waals surface area contributed by atoms with Crippen LogP contribution in [0.25, 0.3) is 0 Å². The lowest BCUT2D eigenvalue weighted by molar-refractivity contribution is 0.172. The molecule has 1 aromatic carbocycles. The molecule has 1 saturated heterocycles. The quantitative estimate of drug-likeness (QED) is 0.325. The first-order chi connectivity index (χ1) is 16.6. The van der Waals surface area contributed by atoms with Gasteiger partial charge in [-0.25, -0.2) is 19.2 Å². The Labute approximate surface area is 206 Å². The van der Waals surface area contributed by atoms with Crippen molar-refractivity contribution in [3.8, 4) is 0 Å². The number of nitrogens with zero attached hydrogens (tertiary/aromatic N) is 1. The second-order valence-corrected chi connectivity index (χ2v) is 8.91. The van der Waals surface area contributed by atoms with Crippen LogP contribution in [0.4, 0.5) is 19.2 Å². The van der Waals surface area contributed by atoms with Gasteiger partial charge in [-0.3, -0.25) is 0 Å². The van der Waals surface area contributed by atoms with Gasteiger partial charge in [0.25, 0.3) is 0 Å². The van der Waals surface area contributed by atoms with E-state index in [9.17, 15) is 19.2 Å². The van der Waals surface area contributed by atoms with Gasteiger partial charge in [-0.05, 0) is 33.3 Å². The van der Waals surface area contributed by atoms with E-state index in [4.69, 9.17) is 0 Å². The molecule has 0 spiro atoms. The second-order valence-electron chi connectivity index (χ2n) is 8.91. The standard InChI is InChI=1S/C23H38N8O4/c1-15-10-25-21(33)30-17(3)12-27-23(35)31(14-19-8-6-5-7-9-19)18(4)13-26-22(34)29-16(2)11-24-20(32)28-15/h5-9,15-18H,10-14H2,1-4H3,(H,27,35)(H2,24,28,32)(H2,25,30,33)(H2,26,29,34)/t15-,16-,17+,18+/m1/s1. The van der Waals surface area contributed by atoms with E-state index >= 15 is 0 Å². The molecule has 1 aliphatic heterocycles. The van der Waals surface area contributed by atoms with Crippen molar-refractivity contribution >= 4 is 24.1 Å². The normalized spacial score (nSPS) is 26.0. The lowest BCUT2D eigenvalue weighted by Gasteiger charge is -2.30. The molecule has 4 atom stereocenters. The number of nitrogens with one attached hydrogen (secondary N) is 7. The molecule has 1 fully saturated rings. The lowest BCUT2D eigenvalue weighted by Crippen LogP contribution is -2.55. The van der Waals surface area contributed by atoms with Crippen LogP contribution in [-0.4, -0.2) is 79.4 Å². The van der Waals surface area contributed by atoms with Gasteiger partial charge in [0.1, 0.15) is 0 Å². The molecule has 194 valence electrons. The van der Waals surface area contributed by atoms with Crippen LogP contribution in [0.15, 0.2) is 30.3 Å². The maximum atomic E-state index is 13.1. The van der Waals surface area contributed by atoms with E-state index in [0.29, 0.717) is 6.54 Å². The number of carbonyl (C=O) groups excluding carboxylic acids is 4. The Hall–Kier alpha value is -3.70. The summed E-state index contributed by atoms with van der Waals surface area (Å²) < 4.78 is 0. The number of carbonyl (C=O) groups is 4. The number of urea groups is 4. The van der Waals surface area contributed by atoms with E-state index in [-0.39, 0.29) is 56.4 Å². The zero-order valence-electron chi connectivity index (χ0n) is 20.8. The Bertz CT molecular complexity index is 853. The summed E-state index contributed by atoms with van der Waals surface area (Å²) in [6, 6.07) is 6.76. The zero-order valence-corrected chi connectivity index (χ0v) is 20.8. The van der Waals surface area contributed by atoms with E-state index in [2.05, 4.69) is 37.2 Å². The Balaban J connectivity index is 2.10. The molecule has 8 amide bonds. The van der Waals surface area contributed by atoms with E-state index in [1.165, 1.54) is 0 Å². The van der Waals surface area contributed by atoms with Crippen LogP contribution < -0.4 is 37.2 Å². The maximum absolute atomic E-state index is 13.1. The molecule has 0 saturated carbocycles. The number of hydrogen-bond donors (Lipinski definition) is 7. The van der Waals surface area contributed by atoms with E-state index in [0.717, 1.165) is 5.56 Å². The summed E-state index contributed by atoms with van der Waals surface area (Å²) in [5, 5.41) is 19.3. The molecule has 35 heavy (non-hydrogen) atoms. The third-order valence-corrected chi connectivity index (χ3v) is 5.38. The van der Waals surface area contributed by atoms with Crippen molar-refractivity contribution in [2.24, 2.45) is 0 Å². The summed E-state index contributed by atoms with van der Waals surface area (Å²) in [6.45, 7) is 8.37. The van der Waals surface area contributed by atoms with Crippen LogP contribution in [0.3, 0.4) is 0 Å². The minimum atomic E-state index is -0.399. The topological polar surface area (TPSA) is 156 Å². The van der Waals surface area contributed by atoms with Gasteiger partial charge >= 0.3 is 24.1 Å². The third-order valence-electron chi connectivity index (χ3n) is 5.38. The van der Waals surface area contributed by atoms with Gasteiger partial charge in [0.2, 0.25) is 0 Å². The van der Waals surface area contributed by atoms with Crippen molar-refractivity contribution in [1.29, 1.82) is 0 Å². The molecule has 1 aliphatic rings. The highest BCUT2D eigenvalue weighted by Crippen LogP contribution is 2.09.